The zero-order chi connectivity index (χ0) is 18.5. The first-order valence-electron chi connectivity index (χ1n) is 8.29. The molecule has 1 unspecified atom stereocenters. The molecule has 0 saturated carbocycles. The molecule has 2 aromatic carbocycles. The first-order valence-corrected chi connectivity index (χ1v) is 8.29. The van der Waals surface area contributed by atoms with Gasteiger partial charge in [0.1, 0.15) is 5.75 Å². The van der Waals surface area contributed by atoms with Crippen LogP contribution < -0.4 is 5.32 Å². The maximum absolute atomic E-state index is 11.6. The zero-order valence-electron chi connectivity index (χ0n) is 13.9. The van der Waals surface area contributed by atoms with Crippen LogP contribution in [0.1, 0.15) is 17.2 Å². The van der Waals surface area contributed by atoms with Crippen molar-refractivity contribution in [3.8, 4) is 16.9 Å². The normalized spacial score (nSPS) is 15.0. The second-order valence-corrected chi connectivity index (χ2v) is 6.35. The first kappa shape index (κ1) is 15.3. The quantitative estimate of drug-likeness (QED) is 0.371. The molecule has 3 N–H and O–H groups in total. The average Bonchev–Trinajstić information content (AvgIpc) is 3.04. The van der Waals surface area contributed by atoms with Crippen molar-refractivity contribution in [3.63, 3.8) is 0 Å². The van der Waals surface area contributed by atoms with Gasteiger partial charge in [-0.05, 0) is 18.2 Å². The summed E-state index contributed by atoms with van der Waals surface area (Å²) in [5.74, 6) is -0.148. The molecule has 1 aliphatic heterocycles. The lowest BCUT2D eigenvalue weighted by Gasteiger charge is -2.19. The van der Waals surface area contributed by atoms with Gasteiger partial charge in [-0.1, -0.05) is 18.2 Å². The summed E-state index contributed by atoms with van der Waals surface area (Å²) in [5.41, 5.74) is 4.45. The molecule has 0 saturated heterocycles. The number of nitrogens with zero attached hydrogens (tertiary/aromatic N) is 3. The maximum atomic E-state index is 11.6. The standard InChI is InChI=1S/C19H13N5O3/c25-10-5-6-12(16(7-10)24(26)27)18-14-8-20-19-17(14)13(9-21-23-19)11-3-1-2-4-15(11)22-18/h1-9,18,22,25H,(H,20,23). The van der Waals surface area contributed by atoms with Crippen LogP contribution in [0.25, 0.3) is 22.2 Å². The maximum Gasteiger partial charge on any atom is 0.278 e. The lowest BCUT2D eigenvalue weighted by Crippen LogP contribution is -2.13. The van der Waals surface area contributed by atoms with Gasteiger partial charge in [0.15, 0.2) is 5.65 Å². The summed E-state index contributed by atoms with van der Waals surface area (Å²) >= 11 is 0. The topological polar surface area (TPSA) is 117 Å². The number of nitro benzene ring substituents is 1. The Morgan fingerprint density at radius 1 is 1.11 bits per heavy atom. The number of aromatic nitrogens is 3. The van der Waals surface area contributed by atoms with E-state index < -0.39 is 11.0 Å². The Balaban J connectivity index is 1.84. The van der Waals surface area contributed by atoms with E-state index in [0.29, 0.717) is 11.2 Å². The lowest BCUT2D eigenvalue weighted by atomic mass is 9.96. The van der Waals surface area contributed by atoms with Crippen LogP contribution in [0.15, 0.2) is 54.9 Å². The number of para-hydroxylation sites is 1. The fourth-order valence-electron chi connectivity index (χ4n) is 3.69. The monoisotopic (exact) mass is 359 g/mol. The largest absolute Gasteiger partial charge is 0.508 e. The number of phenols is 1. The molecule has 2 aromatic heterocycles. The predicted molar refractivity (Wildman–Crippen MR) is 99.6 cm³/mol. The number of benzene rings is 2. The van der Waals surface area contributed by atoms with Gasteiger partial charge in [0.25, 0.3) is 5.69 Å². The molecular weight excluding hydrogens is 346 g/mol. The Morgan fingerprint density at radius 3 is 2.81 bits per heavy atom. The number of rotatable bonds is 2. The van der Waals surface area contributed by atoms with E-state index in [1.807, 2.05) is 24.3 Å². The van der Waals surface area contributed by atoms with E-state index in [-0.39, 0.29) is 11.4 Å². The minimum Gasteiger partial charge on any atom is -0.508 e. The summed E-state index contributed by atoms with van der Waals surface area (Å²) in [6.07, 6.45) is 3.50. The van der Waals surface area contributed by atoms with Crippen molar-refractivity contribution in [3.05, 3.63) is 76.1 Å². The van der Waals surface area contributed by atoms with Gasteiger partial charge in [0, 0.05) is 34.0 Å². The molecule has 132 valence electrons. The van der Waals surface area contributed by atoms with Gasteiger partial charge in [0.2, 0.25) is 0 Å². The van der Waals surface area contributed by atoms with Crippen LogP contribution in [-0.2, 0) is 0 Å². The average molecular weight is 359 g/mol. The van der Waals surface area contributed by atoms with Gasteiger partial charge < -0.3 is 15.4 Å². The molecule has 1 aliphatic rings. The molecule has 8 heteroatoms. The molecule has 0 amide bonds. The summed E-state index contributed by atoms with van der Waals surface area (Å²) in [6.45, 7) is 0. The number of hydrogen-bond donors (Lipinski definition) is 3. The Labute approximate surface area is 152 Å². The van der Waals surface area contributed by atoms with E-state index in [1.54, 1.807) is 18.5 Å². The number of aromatic hydroxyl groups is 1. The highest BCUT2D eigenvalue weighted by Crippen LogP contribution is 2.45. The molecule has 0 spiro atoms. The molecule has 3 heterocycles. The fraction of sp³-hybridized carbons (Fsp3) is 0.0526. The van der Waals surface area contributed by atoms with Gasteiger partial charge >= 0.3 is 0 Å². The number of hydrogen-bond acceptors (Lipinski definition) is 6. The van der Waals surface area contributed by atoms with E-state index >= 15 is 0 Å². The van der Waals surface area contributed by atoms with Crippen LogP contribution in [0.4, 0.5) is 11.4 Å². The number of aromatic amines is 1. The molecule has 0 aliphatic carbocycles. The van der Waals surface area contributed by atoms with Crippen LogP contribution in [0.3, 0.4) is 0 Å². The highest BCUT2D eigenvalue weighted by atomic mass is 16.6. The van der Waals surface area contributed by atoms with Gasteiger partial charge in [-0.25, -0.2) is 0 Å². The minimum atomic E-state index is -0.494. The van der Waals surface area contributed by atoms with Crippen LogP contribution in [0.5, 0.6) is 5.75 Å². The number of fused-ring (bicyclic) bond motifs is 2. The molecule has 27 heavy (non-hydrogen) atoms. The van der Waals surface area contributed by atoms with Crippen LogP contribution in [0.2, 0.25) is 0 Å². The smallest absolute Gasteiger partial charge is 0.278 e. The number of H-pyrrole nitrogens is 1. The summed E-state index contributed by atoms with van der Waals surface area (Å²) in [5, 5.41) is 33.9. The highest BCUT2D eigenvalue weighted by molar-refractivity contribution is 6.00. The highest BCUT2D eigenvalue weighted by Gasteiger charge is 2.30. The molecule has 0 radical (unpaired) electrons. The van der Waals surface area contributed by atoms with Crippen molar-refractivity contribution >= 4 is 22.4 Å². The lowest BCUT2D eigenvalue weighted by molar-refractivity contribution is -0.385. The van der Waals surface area contributed by atoms with Crippen molar-refractivity contribution in [1.82, 2.24) is 15.2 Å². The van der Waals surface area contributed by atoms with E-state index in [4.69, 9.17) is 0 Å². The molecule has 0 bridgehead atoms. The van der Waals surface area contributed by atoms with Crippen LogP contribution >= 0.6 is 0 Å². The number of anilines is 1. The summed E-state index contributed by atoms with van der Waals surface area (Å²) in [6, 6.07) is 11.4. The number of phenolic OH excluding ortho intramolecular Hbond substituents is 1. The van der Waals surface area contributed by atoms with Crippen molar-refractivity contribution in [1.29, 1.82) is 0 Å². The number of nitro groups is 1. The van der Waals surface area contributed by atoms with Crippen LogP contribution in [-0.4, -0.2) is 25.2 Å². The molecule has 0 fully saturated rings. The van der Waals surface area contributed by atoms with Gasteiger partial charge in [0.05, 0.1) is 28.8 Å². The third kappa shape index (κ3) is 2.23. The third-order valence-electron chi connectivity index (χ3n) is 4.85. The van der Waals surface area contributed by atoms with E-state index in [2.05, 4.69) is 20.5 Å². The second-order valence-electron chi connectivity index (χ2n) is 6.35. The number of nitrogens with one attached hydrogen (secondary N) is 2. The van der Waals surface area contributed by atoms with Crippen LogP contribution in [0, 0.1) is 10.1 Å². The Morgan fingerprint density at radius 2 is 1.96 bits per heavy atom. The molecular formula is C19H13N5O3. The zero-order valence-corrected chi connectivity index (χ0v) is 13.9. The Hall–Kier alpha value is -3.94. The van der Waals surface area contributed by atoms with Crippen molar-refractivity contribution in [2.75, 3.05) is 5.32 Å². The summed E-state index contributed by atoms with van der Waals surface area (Å²) in [7, 11) is 0. The van der Waals surface area contributed by atoms with Crippen molar-refractivity contribution in [2.45, 2.75) is 6.04 Å². The van der Waals surface area contributed by atoms with E-state index in [1.165, 1.54) is 12.1 Å². The first-order chi connectivity index (χ1) is 13.1. The second kappa shape index (κ2) is 5.53. The summed E-state index contributed by atoms with van der Waals surface area (Å²) in [4.78, 5) is 14.2. The molecule has 5 rings (SSSR count). The molecule has 4 aromatic rings. The predicted octanol–water partition coefficient (Wildman–Crippen LogP) is 3.75. The minimum absolute atomic E-state index is 0.148. The molecule has 1 atom stereocenters. The van der Waals surface area contributed by atoms with Crippen molar-refractivity contribution in [2.24, 2.45) is 0 Å². The third-order valence-corrected chi connectivity index (χ3v) is 4.85. The van der Waals surface area contributed by atoms with Gasteiger partial charge in [-0.15, -0.1) is 5.10 Å². The Kier molecular flexibility index (Phi) is 3.14. The fourth-order valence-corrected chi connectivity index (χ4v) is 3.69. The van der Waals surface area contributed by atoms with Crippen molar-refractivity contribution < 1.29 is 10.0 Å². The van der Waals surface area contributed by atoms with Gasteiger partial charge in [-0.2, -0.15) is 5.10 Å². The Bertz CT molecular complexity index is 1220. The molecule has 8 nitrogen and oxygen atoms in total. The van der Waals surface area contributed by atoms with E-state index in [9.17, 15) is 15.2 Å². The van der Waals surface area contributed by atoms with E-state index in [0.717, 1.165) is 27.8 Å². The van der Waals surface area contributed by atoms with Gasteiger partial charge in [-0.3, -0.25) is 10.1 Å². The SMILES string of the molecule is O=[N+]([O-])c1cc(O)ccc1C1Nc2ccccc2-c2cnnc3[nH]cc1c23. The summed E-state index contributed by atoms with van der Waals surface area (Å²) < 4.78 is 0.